The quantitative estimate of drug-likeness (QED) is 0.757. The standard InChI is InChI=1S/C14H19N5O4/c1-17-12-11(13(21)18(2)14(17)22)19(8-16-12)7-10(20)15-6-9-4-3-5-23-9/h8-9H,3-7H2,1-2H3,(H,15,20)/t9-/m1/s1. The normalized spacial score (nSPS) is 17.7. The predicted octanol–water partition coefficient (Wildman–Crippen LogP) is -1.27. The van der Waals surface area contributed by atoms with Crippen LogP contribution in [0.25, 0.3) is 11.2 Å². The van der Waals surface area contributed by atoms with E-state index in [-0.39, 0.29) is 29.7 Å². The van der Waals surface area contributed by atoms with Crippen molar-refractivity contribution in [1.29, 1.82) is 0 Å². The highest BCUT2D eigenvalue weighted by Gasteiger charge is 2.18. The fraction of sp³-hybridized carbons (Fsp3) is 0.571. The summed E-state index contributed by atoms with van der Waals surface area (Å²) >= 11 is 0. The Kier molecular flexibility index (Phi) is 4.03. The third kappa shape index (κ3) is 2.79. The number of imidazole rings is 1. The molecule has 0 unspecified atom stereocenters. The van der Waals surface area contributed by atoms with Gasteiger partial charge in [-0.2, -0.15) is 0 Å². The summed E-state index contributed by atoms with van der Waals surface area (Å²) in [6, 6.07) is 0. The minimum Gasteiger partial charge on any atom is -0.376 e. The molecule has 0 saturated carbocycles. The highest BCUT2D eigenvalue weighted by Crippen LogP contribution is 2.10. The molecular formula is C14H19N5O4. The molecule has 0 bridgehead atoms. The van der Waals surface area contributed by atoms with Gasteiger partial charge in [0.2, 0.25) is 5.91 Å². The van der Waals surface area contributed by atoms with E-state index in [4.69, 9.17) is 4.74 Å². The number of hydrogen-bond acceptors (Lipinski definition) is 5. The van der Waals surface area contributed by atoms with Gasteiger partial charge in [0, 0.05) is 27.2 Å². The van der Waals surface area contributed by atoms with Crippen LogP contribution in [0, 0.1) is 0 Å². The number of rotatable bonds is 4. The summed E-state index contributed by atoms with van der Waals surface area (Å²) in [6.07, 6.45) is 3.41. The first kappa shape index (κ1) is 15.5. The SMILES string of the molecule is Cn1c(=O)c2c(ncn2CC(=O)NC[C@H]2CCCO2)n(C)c1=O. The summed E-state index contributed by atoms with van der Waals surface area (Å²) in [6.45, 7) is 1.16. The van der Waals surface area contributed by atoms with Crippen LogP contribution in [0.3, 0.4) is 0 Å². The minimum absolute atomic E-state index is 0.0311. The van der Waals surface area contributed by atoms with Crippen LogP contribution < -0.4 is 16.6 Å². The zero-order chi connectivity index (χ0) is 16.6. The lowest BCUT2D eigenvalue weighted by Gasteiger charge is -2.11. The Morgan fingerprint density at radius 1 is 1.39 bits per heavy atom. The van der Waals surface area contributed by atoms with Crippen molar-refractivity contribution in [2.75, 3.05) is 13.2 Å². The van der Waals surface area contributed by atoms with Crippen LogP contribution >= 0.6 is 0 Å². The molecule has 1 N–H and O–H groups in total. The average molecular weight is 321 g/mol. The number of hydrogen-bond donors (Lipinski definition) is 1. The zero-order valence-corrected chi connectivity index (χ0v) is 13.1. The van der Waals surface area contributed by atoms with Crippen LogP contribution in [0.5, 0.6) is 0 Å². The first-order valence-corrected chi connectivity index (χ1v) is 7.48. The molecule has 0 radical (unpaired) electrons. The van der Waals surface area contributed by atoms with E-state index in [9.17, 15) is 14.4 Å². The lowest BCUT2D eigenvalue weighted by molar-refractivity contribution is -0.122. The molecule has 9 heteroatoms. The molecule has 3 rings (SSSR count). The van der Waals surface area contributed by atoms with Gasteiger partial charge in [-0.15, -0.1) is 0 Å². The minimum atomic E-state index is -0.465. The zero-order valence-electron chi connectivity index (χ0n) is 13.1. The van der Waals surface area contributed by atoms with Gasteiger partial charge >= 0.3 is 5.69 Å². The second kappa shape index (κ2) is 5.99. The van der Waals surface area contributed by atoms with E-state index in [0.717, 1.165) is 24.0 Å². The molecule has 1 amide bonds. The van der Waals surface area contributed by atoms with Crippen LogP contribution in [0.15, 0.2) is 15.9 Å². The van der Waals surface area contributed by atoms with Crippen LogP contribution in [0.4, 0.5) is 0 Å². The maximum atomic E-state index is 12.3. The van der Waals surface area contributed by atoms with Crippen LogP contribution in [0.2, 0.25) is 0 Å². The first-order chi connectivity index (χ1) is 11.0. The number of fused-ring (bicyclic) bond motifs is 1. The second-order valence-corrected chi connectivity index (χ2v) is 5.69. The van der Waals surface area contributed by atoms with Crippen molar-refractivity contribution in [3.8, 4) is 0 Å². The van der Waals surface area contributed by atoms with Gasteiger partial charge in [-0.1, -0.05) is 0 Å². The maximum Gasteiger partial charge on any atom is 0.332 e. The summed E-state index contributed by atoms with van der Waals surface area (Å²) in [4.78, 5) is 40.3. The van der Waals surface area contributed by atoms with Crippen LogP contribution in [-0.2, 0) is 30.2 Å². The highest BCUT2D eigenvalue weighted by atomic mass is 16.5. The molecular weight excluding hydrogens is 302 g/mol. The molecule has 124 valence electrons. The van der Waals surface area contributed by atoms with E-state index in [2.05, 4.69) is 10.3 Å². The fourth-order valence-corrected chi connectivity index (χ4v) is 2.76. The Bertz CT molecular complexity index is 856. The maximum absolute atomic E-state index is 12.3. The number of nitrogens with one attached hydrogen (secondary N) is 1. The van der Waals surface area contributed by atoms with Crippen molar-refractivity contribution in [1.82, 2.24) is 24.0 Å². The monoisotopic (exact) mass is 321 g/mol. The van der Waals surface area contributed by atoms with E-state index in [0.29, 0.717) is 6.54 Å². The van der Waals surface area contributed by atoms with Gasteiger partial charge in [-0.25, -0.2) is 9.78 Å². The number of carbonyl (C=O) groups is 1. The van der Waals surface area contributed by atoms with Crippen molar-refractivity contribution in [2.24, 2.45) is 14.1 Å². The van der Waals surface area contributed by atoms with Gasteiger partial charge in [-0.3, -0.25) is 18.7 Å². The molecule has 3 heterocycles. The number of aromatic nitrogens is 4. The van der Waals surface area contributed by atoms with E-state index in [1.54, 1.807) is 7.05 Å². The molecule has 1 fully saturated rings. The third-order valence-corrected chi connectivity index (χ3v) is 4.08. The summed E-state index contributed by atoms with van der Waals surface area (Å²) in [5, 5.41) is 2.80. The Hall–Kier alpha value is -2.42. The number of nitrogens with zero attached hydrogens (tertiary/aromatic N) is 4. The Balaban J connectivity index is 1.82. The number of aryl methyl sites for hydroxylation is 1. The Labute approximate surface area is 131 Å². The molecule has 1 aliphatic heterocycles. The van der Waals surface area contributed by atoms with E-state index >= 15 is 0 Å². The first-order valence-electron chi connectivity index (χ1n) is 7.48. The van der Waals surface area contributed by atoms with Gasteiger partial charge in [-0.05, 0) is 12.8 Å². The largest absolute Gasteiger partial charge is 0.376 e. The number of amides is 1. The summed E-state index contributed by atoms with van der Waals surface area (Å²) in [7, 11) is 2.94. The van der Waals surface area contributed by atoms with E-state index in [1.807, 2.05) is 0 Å². The molecule has 0 aliphatic carbocycles. The van der Waals surface area contributed by atoms with Crippen molar-refractivity contribution >= 4 is 17.1 Å². The smallest absolute Gasteiger partial charge is 0.332 e. The Morgan fingerprint density at radius 3 is 2.87 bits per heavy atom. The summed E-state index contributed by atoms with van der Waals surface area (Å²) < 4.78 is 9.20. The van der Waals surface area contributed by atoms with Crippen molar-refractivity contribution in [3.63, 3.8) is 0 Å². The van der Waals surface area contributed by atoms with E-state index in [1.165, 1.54) is 22.5 Å². The summed E-state index contributed by atoms with van der Waals surface area (Å²) in [5.74, 6) is -0.226. The van der Waals surface area contributed by atoms with Gasteiger partial charge < -0.3 is 14.6 Å². The lowest BCUT2D eigenvalue weighted by atomic mass is 10.2. The molecule has 1 aliphatic rings. The third-order valence-electron chi connectivity index (χ3n) is 4.08. The second-order valence-electron chi connectivity index (χ2n) is 5.69. The lowest BCUT2D eigenvalue weighted by Crippen LogP contribution is -2.38. The molecule has 0 aromatic carbocycles. The van der Waals surface area contributed by atoms with E-state index < -0.39 is 11.2 Å². The Morgan fingerprint density at radius 2 is 2.17 bits per heavy atom. The van der Waals surface area contributed by atoms with Crippen LogP contribution in [0.1, 0.15) is 12.8 Å². The molecule has 1 saturated heterocycles. The highest BCUT2D eigenvalue weighted by molar-refractivity contribution is 5.78. The summed E-state index contributed by atoms with van der Waals surface area (Å²) in [5.41, 5.74) is -0.407. The van der Waals surface area contributed by atoms with Crippen molar-refractivity contribution < 1.29 is 9.53 Å². The molecule has 0 spiro atoms. The topological polar surface area (TPSA) is 100 Å². The number of ether oxygens (including phenoxy) is 1. The van der Waals surface area contributed by atoms with Crippen LogP contribution in [-0.4, -0.2) is 43.8 Å². The van der Waals surface area contributed by atoms with Crippen molar-refractivity contribution in [2.45, 2.75) is 25.5 Å². The molecule has 1 atom stereocenters. The fourth-order valence-electron chi connectivity index (χ4n) is 2.76. The molecule has 23 heavy (non-hydrogen) atoms. The molecule has 9 nitrogen and oxygen atoms in total. The average Bonchev–Trinajstić information content (AvgIpc) is 3.18. The molecule has 2 aromatic rings. The molecule has 2 aromatic heterocycles. The van der Waals surface area contributed by atoms with Gasteiger partial charge in [0.15, 0.2) is 11.2 Å². The predicted molar refractivity (Wildman–Crippen MR) is 82.2 cm³/mol. The van der Waals surface area contributed by atoms with Gasteiger partial charge in [0.05, 0.1) is 12.4 Å². The number of carbonyl (C=O) groups excluding carboxylic acids is 1. The van der Waals surface area contributed by atoms with Crippen molar-refractivity contribution in [3.05, 3.63) is 27.2 Å². The van der Waals surface area contributed by atoms with Gasteiger partial charge in [0.25, 0.3) is 5.56 Å². The van der Waals surface area contributed by atoms with Gasteiger partial charge in [0.1, 0.15) is 6.54 Å².